The molecule has 0 saturated carbocycles. The van der Waals surface area contributed by atoms with Gasteiger partial charge >= 0.3 is 0 Å². The van der Waals surface area contributed by atoms with E-state index in [4.69, 9.17) is 9.72 Å². The molecule has 7 heteroatoms. The van der Waals surface area contributed by atoms with Crippen LogP contribution >= 0.6 is 11.9 Å². The molecule has 3 aromatic rings. The Morgan fingerprint density at radius 3 is 2.79 bits per heavy atom. The Balaban J connectivity index is 1.64. The van der Waals surface area contributed by atoms with E-state index in [-0.39, 0.29) is 18.1 Å². The number of ether oxygens (including phenoxy) is 1. The van der Waals surface area contributed by atoms with Crippen molar-refractivity contribution in [3.63, 3.8) is 0 Å². The fourth-order valence-corrected chi connectivity index (χ4v) is 4.19. The first-order valence-electron chi connectivity index (χ1n) is 9.90. The van der Waals surface area contributed by atoms with Gasteiger partial charge in [-0.05, 0) is 61.7 Å². The molecule has 1 atom stereocenters. The van der Waals surface area contributed by atoms with Crippen LogP contribution in [0.4, 0.5) is 0 Å². The van der Waals surface area contributed by atoms with Crippen LogP contribution < -0.4 is 4.72 Å². The number of likely N-dealkylation sites (tertiary alicyclic amines) is 1. The van der Waals surface area contributed by atoms with Crippen LogP contribution in [0.1, 0.15) is 37.3 Å². The number of benzene rings is 2. The third kappa shape index (κ3) is 4.98. The highest BCUT2D eigenvalue weighted by Crippen LogP contribution is 2.31. The second-order valence-electron chi connectivity index (χ2n) is 7.49. The number of para-hydroxylation sites is 2. The van der Waals surface area contributed by atoms with Gasteiger partial charge in [0.25, 0.3) is 0 Å². The molecule has 152 valence electrons. The number of carbonyl (C=O) groups is 1. The maximum atomic E-state index is 11.3. The number of carbonyl (C=O) groups excluding carboxylic acids is 1. The third-order valence-electron chi connectivity index (χ3n) is 5.12. The number of aromatic amines is 1. The van der Waals surface area contributed by atoms with Crippen LogP contribution in [0.2, 0.25) is 0 Å². The van der Waals surface area contributed by atoms with Gasteiger partial charge in [-0.2, -0.15) is 0 Å². The van der Waals surface area contributed by atoms with Crippen molar-refractivity contribution in [1.82, 2.24) is 19.6 Å². The number of amides is 1. The number of nitrogens with zero attached hydrogens (tertiary/aromatic N) is 2. The standard InChI is InChI=1S/C22H26N4O2S/c1-15(27)25-29-18-7-5-6-16(14-18)21(28-17-10-12-26(2)13-11-17)22-23-19-8-3-4-9-20(19)24-22/h3-9,14,17,21H,10-13H2,1-2H3,(H,23,24)(H,25,27). The smallest absolute Gasteiger partial charge is 0.226 e. The van der Waals surface area contributed by atoms with Crippen molar-refractivity contribution in [3.05, 3.63) is 59.9 Å². The maximum absolute atomic E-state index is 11.3. The quantitative estimate of drug-likeness (QED) is 0.603. The number of hydrogen-bond donors (Lipinski definition) is 2. The highest BCUT2D eigenvalue weighted by Gasteiger charge is 2.26. The lowest BCUT2D eigenvalue weighted by molar-refractivity contribution is -0.117. The van der Waals surface area contributed by atoms with E-state index in [1.54, 1.807) is 0 Å². The third-order valence-corrected chi connectivity index (χ3v) is 6.00. The molecule has 0 aliphatic carbocycles. The van der Waals surface area contributed by atoms with Crippen molar-refractivity contribution in [3.8, 4) is 0 Å². The maximum Gasteiger partial charge on any atom is 0.226 e. The molecule has 1 saturated heterocycles. The molecule has 2 aromatic carbocycles. The number of piperidine rings is 1. The van der Waals surface area contributed by atoms with Crippen LogP contribution in [0.3, 0.4) is 0 Å². The zero-order valence-electron chi connectivity index (χ0n) is 16.7. The molecule has 6 nitrogen and oxygen atoms in total. The Bertz CT molecular complexity index is 949. The van der Waals surface area contributed by atoms with Crippen LogP contribution in [-0.4, -0.2) is 47.0 Å². The van der Waals surface area contributed by atoms with Crippen LogP contribution in [0.5, 0.6) is 0 Å². The summed E-state index contributed by atoms with van der Waals surface area (Å²) in [6.45, 7) is 3.59. The highest BCUT2D eigenvalue weighted by molar-refractivity contribution is 7.98. The van der Waals surface area contributed by atoms with E-state index in [0.717, 1.165) is 53.2 Å². The average molecular weight is 411 g/mol. The summed E-state index contributed by atoms with van der Waals surface area (Å²) in [6.07, 6.45) is 1.92. The van der Waals surface area contributed by atoms with E-state index in [9.17, 15) is 4.79 Å². The highest BCUT2D eigenvalue weighted by atomic mass is 32.2. The lowest BCUT2D eigenvalue weighted by atomic mass is 10.1. The van der Waals surface area contributed by atoms with Gasteiger partial charge in [0.05, 0.1) is 17.1 Å². The van der Waals surface area contributed by atoms with E-state index in [1.165, 1.54) is 18.9 Å². The number of aromatic nitrogens is 2. The molecule has 29 heavy (non-hydrogen) atoms. The molecule has 2 N–H and O–H groups in total. The topological polar surface area (TPSA) is 70.2 Å². The van der Waals surface area contributed by atoms with Gasteiger partial charge in [-0.1, -0.05) is 24.3 Å². The Morgan fingerprint density at radius 2 is 2.03 bits per heavy atom. The van der Waals surface area contributed by atoms with Gasteiger partial charge in [-0.3, -0.25) is 9.52 Å². The normalized spacial score (nSPS) is 16.8. The number of hydrogen-bond acceptors (Lipinski definition) is 5. The zero-order valence-corrected chi connectivity index (χ0v) is 17.5. The van der Waals surface area contributed by atoms with Crippen molar-refractivity contribution in [2.75, 3.05) is 20.1 Å². The molecule has 1 fully saturated rings. The lowest BCUT2D eigenvalue weighted by Gasteiger charge is -2.31. The van der Waals surface area contributed by atoms with Gasteiger partial charge in [0, 0.05) is 24.9 Å². The lowest BCUT2D eigenvalue weighted by Crippen LogP contribution is -2.35. The molecule has 1 aromatic heterocycles. The molecule has 1 unspecified atom stereocenters. The fraction of sp³-hybridized carbons (Fsp3) is 0.364. The monoisotopic (exact) mass is 410 g/mol. The molecule has 1 amide bonds. The van der Waals surface area contributed by atoms with Crippen molar-refractivity contribution in [1.29, 1.82) is 0 Å². The first-order chi connectivity index (χ1) is 14.1. The van der Waals surface area contributed by atoms with Gasteiger partial charge in [0.1, 0.15) is 11.9 Å². The van der Waals surface area contributed by atoms with Gasteiger partial charge in [-0.25, -0.2) is 4.98 Å². The summed E-state index contributed by atoms with van der Waals surface area (Å²) in [5.74, 6) is 0.739. The second kappa shape index (κ2) is 8.98. The van der Waals surface area contributed by atoms with E-state index in [2.05, 4.69) is 33.8 Å². The van der Waals surface area contributed by atoms with Gasteiger partial charge in [0.2, 0.25) is 5.91 Å². The number of rotatable bonds is 6. The largest absolute Gasteiger partial charge is 0.362 e. The second-order valence-corrected chi connectivity index (χ2v) is 8.37. The number of imidazole rings is 1. The average Bonchev–Trinajstić information content (AvgIpc) is 3.16. The van der Waals surface area contributed by atoms with Crippen LogP contribution in [0, 0.1) is 0 Å². The molecule has 0 radical (unpaired) electrons. The van der Waals surface area contributed by atoms with Crippen molar-refractivity contribution < 1.29 is 9.53 Å². The van der Waals surface area contributed by atoms with Crippen LogP contribution in [-0.2, 0) is 9.53 Å². The first kappa shape index (κ1) is 19.9. The number of H-pyrrole nitrogens is 1. The minimum Gasteiger partial charge on any atom is -0.362 e. The Labute approximate surface area is 175 Å². The molecule has 0 bridgehead atoms. The molecule has 0 spiro atoms. The summed E-state index contributed by atoms with van der Waals surface area (Å²) in [7, 11) is 2.15. The summed E-state index contributed by atoms with van der Waals surface area (Å²) < 4.78 is 9.39. The van der Waals surface area contributed by atoms with Gasteiger partial charge < -0.3 is 14.6 Å². The van der Waals surface area contributed by atoms with Gasteiger partial charge in [-0.15, -0.1) is 0 Å². The van der Waals surface area contributed by atoms with Crippen molar-refractivity contribution in [2.24, 2.45) is 0 Å². The Hall–Kier alpha value is -2.35. The van der Waals surface area contributed by atoms with E-state index in [0.29, 0.717) is 0 Å². The minimum atomic E-state index is -0.284. The number of fused-ring (bicyclic) bond motifs is 1. The molecule has 2 heterocycles. The van der Waals surface area contributed by atoms with E-state index in [1.807, 2.05) is 36.4 Å². The number of nitrogens with one attached hydrogen (secondary N) is 2. The first-order valence-corrected chi connectivity index (χ1v) is 10.7. The van der Waals surface area contributed by atoms with Gasteiger partial charge in [0.15, 0.2) is 0 Å². The summed E-state index contributed by atoms with van der Waals surface area (Å²) >= 11 is 1.31. The predicted octanol–water partition coefficient (Wildman–Crippen LogP) is 3.91. The SMILES string of the molecule is CC(=O)NSc1cccc(C(OC2CCN(C)CC2)c2nc3ccccc3[nH]2)c1. The summed E-state index contributed by atoms with van der Waals surface area (Å²) in [6, 6.07) is 16.1. The van der Waals surface area contributed by atoms with Crippen LogP contribution in [0.15, 0.2) is 53.4 Å². The minimum absolute atomic E-state index is 0.0724. The summed E-state index contributed by atoms with van der Waals surface area (Å²) in [5.41, 5.74) is 2.96. The van der Waals surface area contributed by atoms with Crippen molar-refractivity contribution >= 4 is 28.9 Å². The Morgan fingerprint density at radius 1 is 1.24 bits per heavy atom. The zero-order chi connectivity index (χ0) is 20.2. The predicted molar refractivity (Wildman–Crippen MR) is 116 cm³/mol. The molecular formula is C22H26N4O2S. The Kier molecular flexibility index (Phi) is 6.18. The van der Waals surface area contributed by atoms with Crippen LogP contribution in [0.25, 0.3) is 11.0 Å². The molecule has 4 rings (SSSR count). The van der Waals surface area contributed by atoms with E-state index >= 15 is 0 Å². The van der Waals surface area contributed by atoms with E-state index < -0.39 is 0 Å². The molecular weight excluding hydrogens is 384 g/mol. The fourth-order valence-electron chi connectivity index (χ4n) is 3.58. The molecule has 1 aliphatic rings. The summed E-state index contributed by atoms with van der Waals surface area (Å²) in [5, 5.41) is 0. The molecule has 1 aliphatic heterocycles. The summed E-state index contributed by atoms with van der Waals surface area (Å²) in [4.78, 5) is 22.8. The van der Waals surface area contributed by atoms with Crippen molar-refractivity contribution in [2.45, 2.75) is 36.9 Å².